The lowest BCUT2D eigenvalue weighted by molar-refractivity contribution is 0.0526. The number of anilines is 1. The number of benzene rings is 1. The molecule has 1 aromatic carbocycles. The van der Waals surface area contributed by atoms with Crippen LogP contribution < -0.4 is 5.32 Å². The molecule has 1 heterocycles. The summed E-state index contributed by atoms with van der Waals surface area (Å²) in [5.74, 6) is -0.301. The molecule has 0 spiro atoms. The van der Waals surface area contributed by atoms with E-state index in [0.717, 1.165) is 23.2 Å². The van der Waals surface area contributed by atoms with Gasteiger partial charge in [-0.1, -0.05) is 0 Å². The topological polar surface area (TPSA) is 43.3 Å². The molecule has 2 rings (SSSR count). The minimum atomic E-state index is -0.301. The second-order valence-corrected chi connectivity index (χ2v) is 5.41. The van der Waals surface area contributed by atoms with Crippen molar-refractivity contribution in [3.8, 4) is 0 Å². The fourth-order valence-electron chi connectivity index (χ4n) is 2.10. The van der Waals surface area contributed by atoms with Gasteiger partial charge in [0, 0.05) is 28.6 Å². The number of hydrogen-bond donors (Lipinski definition) is 1. The number of nitrogens with one attached hydrogen (secondary N) is 1. The Kier molecular flexibility index (Phi) is 5.44. The standard InChI is InChI=1S/C16H19BrN2O2/c1-3-19-9-5-6-13(19)11-18-15-8-7-12(10-14(15)17)16(20)21-4-2/h5-10,18H,3-4,11H2,1-2H3. The van der Waals surface area contributed by atoms with Crippen molar-refractivity contribution < 1.29 is 9.53 Å². The third kappa shape index (κ3) is 3.88. The van der Waals surface area contributed by atoms with E-state index in [1.54, 1.807) is 19.1 Å². The summed E-state index contributed by atoms with van der Waals surface area (Å²) in [5, 5.41) is 3.37. The second kappa shape index (κ2) is 7.31. The first-order chi connectivity index (χ1) is 10.2. The number of esters is 1. The van der Waals surface area contributed by atoms with E-state index >= 15 is 0 Å². The van der Waals surface area contributed by atoms with Gasteiger partial charge in [-0.15, -0.1) is 0 Å². The summed E-state index contributed by atoms with van der Waals surface area (Å²) in [6.45, 7) is 5.98. The van der Waals surface area contributed by atoms with Gasteiger partial charge in [0.1, 0.15) is 0 Å². The number of nitrogens with zero attached hydrogens (tertiary/aromatic N) is 1. The van der Waals surface area contributed by atoms with Gasteiger partial charge in [0.05, 0.1) is 18.7 Å². The lowest BCUT2D eigenvalue weighted by Crippen LogP contribution is -2.08. The first-order valence-electron chi connectivity index (χ1n) is 7.00. The molecule has 0 saturated heterocycles. The van der Waals surface area contributed by atoms with Gasteiger partial charge >= 0.3 is 5.97 Å². The molecule has 1 N–H and O–H groups in total. The van der Waals surface area contributed by atoms with Crippen LogP contribution in [0.2, 0.25) is 0 Å². The van der Waals surface area contributed by atoms with Crippen molar-refractivity contribution in [2.75, 3.05) is 11.9 Å². The van der Waals surface area contributed by atoms with Crippen molar-refractivity contribution in [2.24, 2.45) is 0 Å². The molecule has 21 heavy (non-hydrogen) atoms. The van der Waals surface area contributed by atoms with Crippen LogP contribution in [0.5, 0.6) is 0 Å². The highest BCUT2D eigenvalue weighted by atomic mass is 79.9. The Balaban J connectivity index is 2.06. The van der Waals surface area contributed by atoms with E-state index in [-0.39, 0.29) is 5.97 Å². The zero-order valence-electron chi connectivity index (χ0n) is 12.2. The summed E-state index contributed by atoms with van der Waals surface area (Å²) in [6.07, 6.45) is 2.07. The van der Waals surface area contributed by atoms with Crippen molar-refractivity contribution >= 4 is 27.6 Å². The molecule has 4 nitrogen and oxygen atoms in total. The zero-order valence-corrected chi connectivity index (χ0v) is 13.8. The van der Waals surface area contributed by atoms with E-state index in [9.17, 15) is 4.79 Å². The Bertz CT molecular complexity index is 622. The third-order valence-electron chi connectivity index (χ3n) is 3.20. The molecule has 0 aliphatic heterocycles. The first kappa shape index (κ1) is 15.6. The molecule has 0 aliphatic rings. The molecule has 0 aliphatic carbocycles. The Morgan fingerprint density at radius 1 is 1.33 bits per heavy atom. The number of aryl methyl sites for hydroxylation is 1. The lowest BCUT2D eigenvalue weighted by atomic mass is 10.2. The molecule has 0 fully saturated rings. The molecule has 0 unspecified atom stereocenters. The SMILES string of the molecule is CCOC(=O)c1ccc(NCc2cccn2CC)c(Br)c1. The summed E-state index contributed by atoms with van der Waals surface area (Å²) in [4.78, 5) is 11.7. The molecule has 5 heteroatoms. The molecule has 0 amide bonds. The highest BCUT2D eigenvalue weighted by Crippen LogP contribution is 2.24. The molecular weight excluding hydrogens is 332 g/mol. The number of hydrogen-bond acceptors (Lipinski definition) is 3. The largest absolute Gasteiger partial charge is 0.462 e. The van der Waals surface area contributed by atoms with Gasteiger partial charge < -0.3 is 14.6 Å². The van der Waals surface area contributed by atoms with Crippen LogP contribution in [-0.4, -0.2) is 17.1 Å². The fraction of sp³-hybridized carbons (Fsp3) is 0.312. The Morgan fingerprint density at radius 2 is 2.14 bits per heavy atom. The third-order valence-corrected chi connectivity index (χ3v) is 3.86. The number of ether oxygens (including phenoxy) is 1. The van der Waals surface area contributed by atoms with Crippen LogP contribution in [0.3, 0.4) is 0 Å². The smallest absolute Gasteiger partial charge is 0.338 e. The molecule has 2 aromatic rings. The monoisotopic (exact) mass is 350 g/mol. The van der Waals surface area contributed by atoms with Crippen molar-refractivity contribution in [2.45, 2.75) is 26.9 Å². The Hall–Kier alpha value is -1.75. The van der Waals surface area contributed by atoms with Gasteiger partial charge in [-0.25, -0.2) is 4.79 Å². The Morgan fingerprint density at radius 3 is 2.81 bits per heavy atom. The van der Waals surface area contributed by atoms with E-state index in [1.165, 1.54) is 5.69 Å². The van der Waals surface area contributed by atoms with E-state index < -0.39 is 0 Å². The number of rotatable bonds is 6. The van der Waals surface area contributed by atoms with Crippen molar-refractivity contribution in [1.82, 2.24) is 4.57 Å². The van der Waals surface area contributed by atoms with Crippen LogP contribution >= 0.6 is 15.9 Å². The maximum Gasteiger partial charge on any atom is 0.338 e. The van der Waals surface area contributed by atoms with Crippen LogP contribution in [0.1, 0.15) is 29.9 Å². The maximum atomic E-state index is 11.7. The van der Waals surface area contributed by atoms with Gasteiger partial charge in [0.2, 0.25) is 0 Å². The number of aromatic nitrogens is 1. The second-order valence-electron chi connectivity index (χ2n) is 4.55. The lowest BCUT2D eigenvalue weighted by Gasteiger charge is -2.11. The van der Waals surface area contributed by atoms with Gasteiger partial charge in [0.25, 0.3) is 0 Å². The average molecular weight is 351 g/mol. The van der Waals surface area contributed by atoms with E-state index in [2.05, 4.69) is 45.0 Å². The van der Waals surface area contributed by atoms with Crippen molar-refractivity contribution in [1.29, 1.82) is 0 Å². The molecule has 0 atom stereocenters. The van der Waals surface area contributed by atoms with Gasteiger partial charge in [-0.3, -0.25) is 0 Å². The van der Waals surface area contributed by atoms with E-state index in [1.807, 2.05) is 12.1 Å². The summed E-state index contributed by atoms with van der Waals surface area (Å²) in [7, 11) is 0. The summed E-state index contributed by atoms with van der Waals surface area (Å²) < 4.78 is 8.03. The predicted molar refractivity (Wildman–Crippen MR) is 87.5 cm³/mol. The van der Waals surface area contributed by atoms with E-state index in [0.29, 0.717) is 12.2 Å². The highest BCUT2D eigenvalue weighted by molar-refractivity contribution is 9.10. The first-order valence-corrected chi connectivity index (χ1v) is 7.79. The minimum Gasteiger partial charge on any atom is -0.462 e. The molecule has 0 saturated carbocycles. The number of carbonyl (C=O) groups excluding carboxylic acids is 1. The summed E-state index contributed by atoms with van der Waals surface area (Å²) >= 11 is 3.49. The predicted octanol–water partition coefficient (Wildman–Crippen LogP) is 4.06. The summed E-state index contributed by atoms with van der Waals surface area (Å²) in [5.41, 5.74) is 2.72. The molecule has 112 valence electrons. The summed E-state index contributed by atoms with van der Waals surface area (Å²) in [6, 6.07) is 9.56. The number of halogens is 1. The zero-order chi connectivity index (χ0) is 15.2. The van der Waals surface area contributed by atoms with Crippen LogP contribution in [0.4, 0.5) is 5.69 Å². The normalized spacial score (nSPS) is 10.4. The van der Waals surface area contributed by atoms with Crippen LogP contribution in [-0.2, 0) is 17.8 Å². The van der Waals surface area contributed by atoms with Gasteiger partial charge in [-0.05, 0) is 60.1 Å². The van der Waals surface area contributed by atoms with Gasteiger partial charge in [0.15, 0.2) is 0 Å². The minimum absolute atomic E-state index is 0.301. The molecule has 0 bridgehead atoms. The van der Waals surface area contributed by atoms with Crippen LogP contribution in [0.15, 0.2) is 41.0 Å². The van der Waals surface area contributed by atoms with Crippen LogP contribution in [0.25, 0.3) is 0 Å². The average Bonchev–Trinajstić information content (AvgIpc) is 2.93. The fourth-order valence-corrected chi connectivity index (χ4v) is 2.62. The highest BCUT2D eigenvalue weighted by Gasteiger charge is 2.09. The molecular formula is C16H19BrN2O2. The quantitative estimate of drug-likeness (QED) is 0.799. The van der Waals surface area contributed by atoms with Crippen LogP contribution in [0, 0.1) is 0 Å². The van der Waals surface area contributed by atoms with Crippen molar-refractivity contribution in [3.05, 3.63) is 52.3 Å². The number of carbonyl (C=O) groups is 1. The van der Waals surface area contributed by atoms with E-state index in [4.69, 9.17) is 4.74 Å². The van der Waals surface area contributed by atoms with Crippen molar-refractivity contribution in [3.63, 3.8) is 0 Å². The molecule has 0 radical (unpaired) electrons. The maximum absolute atomic E-state index is 11.7. The Labute approximate surface area is 133 Å². The van der Waals surface area contributed by atoms with Gasteiger partial charge in [-0.2, -0.15) is 0 Å². The molecule has 1 aromatic heterocycles.